The van der Waals surface area contributed by atoms with Gasteiger partial charge in [-0.25, -0.2) is 0 Å². The Hall–Kier alpha value is -1.01. The first kappa shape index (κ1) is 11.5. The van der Waals surface area contributed by atoms with Crippen molar-refractivity contribution in [3.63, 3.8) is 0 Å². The summed E-state index contributed by atoms with van der Waals surface area (Å²) in [6.45, 7) is 4.85. The van der Waals surface area contributed by atoms with E-state index in [0.717, 1.165) is 45.6 Å². The fourth-order valence-corrected chi connectivity index (χ4v) is 2.34. The first-order valence-corrected chi connectivity index (χ1v) is 6.36. The van der Waals surface area contributed by atoms with E-state index in [4.69, 9.17) is 0 Å². The summed E-state index contributed by atoms with van der Waals surface area (Å²) < 4.78 is 0. The first-order valence-electron chi connectivity index (χ1n) is 6.36. The highest BCUT2D eigenvalue weighted by Gasteiger charge is 2.15. The average Bonchev–Trinajstić information content (AvgIpc) is 2.84. The highest BCUT2D eigenvalue weighted by atomic mass is 16.2. The molecule has 0 unspecified atom stereocenters. The lowest BCUT2D eigenvalue weighted by atomic mass is 10.1. The third-order valence-corrected chi connectivity index (χ3v) is 3.34. The van der Waals surface area contributed by atoms with Crippen LogP contribution in [0.3, 0.4) is 0 Å². The molecule has 0 aromatic rings. The van der Waals surface area contributed by atoms with Gasteiger partial charge in [-0.2, -0.15) is 0 Å². The van der Waals surface area contributed by atoms with Crippen LogP contribution >= 0.6 is 0 Å². The van der Waals surface area contributed by atoms with Gasteiger partial charge in [-0.3, -0.25) is 9.69 Å². The zero-order chi connectivity index (χ0) is 11.2. The molecule has 16 heavy (non-hydrogen) atoms. The van der Waals surface area contributed by atoms with Crippen LogP contribution in [0.1, 0.15) is 32.1 Å². The van der Waals surface area contributed by atoms with Gasteiger partial charge in [0.05, 0.1) is 6.54 Å². The molecule has 2 aliphatic rings. The van der Waals surface area contributed by atoms with Gasteiger partial charge in [0, 0.05) is 13.1 Å². The summed E-state index contributed by atoms with van der Waals surface area (Å²) in [5.74, 6) is 5.81. The zero-order valence-corrected chi connectivity index (χ0v) is 9.87. The summed E-state index contributed by atoms with van der Waals surface area (Å²) in [4.78, 5) is 15.8. The number of carbonyl (C=O) groups is 1. The Labute approximate surface area is 97.8 Å². The fraction of sp³-hybridized carbons (Fsp3) is 0.769. The molecule has 0 radical (unpaired) electrons. The summed E-state index contributed by atoms with van der Waals surface area (Å²) in [6, 6.07) is 0. The van der Waals surface area contributed by atoms with Crippen LogP contribution in [0.5, 0.6) is 0 Å². The van der Waals surface area contributed by atoms with Crippen molar-refractivity contribution in [3.05, 3.63) is 0 Å². The number of likely N-dealkylation sites (tertiary alicyclic amines) is 2. The Balaban J connectivity index is 1.73. The molecule has 2 aliphatic heterocycles. The molecule has 3 heteroatoms. The molecule has 1 amide bonds. The van der Waals surface area contributed by atoms with Crippen LogP contribution < -0.4 is 0 Å². The predicted molar refractivity (Wildman–Crippen MR) is 63.9 cm³/mol. The summed E-state index contributed by atoms with van der Waals surface area (Å²) in [6.07, 6.45) is 6.18. The van der Waals surface area contributed by atoms with E-state index in [1.165, 1.54) is 19.3 Å². The average molecular weight is 220 g/mol. The smallest absolute Gasteiger partial charge is 0.298 e. The van der Waals surface area contributed by atoms with Gasteiger partial charge in [-0.1, -0.05) is 12.3 Å². The van der Waals surface area contributed by atoms with E-state index in [1.807, 2.05) is 4.90 Å². The van der Waals surface area contributed by atoms with Gasteiger partial charge in [0.15, 0.2) is 0 Å². The lowest BCUT2D eigenvalue weighted by Gasteiger charge is -2.23. The second kappa shape index (κ2) is 5.91. The maximum absolute atomic E-state index is 11.6. The molecule has 2 fully saturated rings. The van der Waals surface area contributed by atoms with Crippen LogP contribution in [0.25, 0.3) is 0 Å². The SMILES string of the molecule is O=C(C#CCN1CCCCC1)N1CCCC1. The molecule has 0 saturated carbocycles. The van der Waals surface area contributed by atoms with Crippen molar-refractivity contribution in [1.29, 1.82) is 0 Å². The summed E-state index contributed by atoms with van der Waals surface area (Å²) in [5.41, 5.74) is 0. The van der Waals surface area contributed by atoms with Gasteiger partial charge < -0.3 is 4.90 Å². The summed E-state index contributed by atoms with van der Waals surface area (Å²) in [7, 11) is 0. The van der Waals surface area contributed by atoms with Crippen molar-refractivity contribution in [1.82, 2.24) is 9.80 Å². The van der Waals surface area contributed by atoms with Crippen molar-refractivity contribution in [2.24, 2.45) is 0 Å². The summed E-state index contributed by atoms with van der Waals surface area (Å²) >= 11 is 0. The van der Waals surface area contributed by atoms with E-state index >= 15 is 0 Å². The van der Waals surface area contributed by atoms with Crippen LogP contribution in [0.4, 0.5) is 0 Å². The molecule has 0 aromatic carbocycles. The minimum absolute atomic E-state index is 0.0227. The van der Waals surface area contributed by atoms with Gasteiger partial charge in [0.25, 0.3) is 5.91 Å². The van der Waals surface area contributed by atoms with Gasteiger partial charge in [0.1, 0.15) is 0 Å². The zero-order valence-electron chi connectivity index (χ0n) is 9.87. The molecule has 0 aromatic heterocycles. The molecule has 0 aliphatic carbocycles. The van der Waals surface area contributed by atoms with Crippen LogP contribution in [0.2, 0.25) is 0 Å². The first-order chi connectivity index (χ1) is 7.86. The Morgan fingerprint density at radius 2 is 1.56 bits per heavy atom. The van der Waals surface area contributed by atoms with Crippen LogP contribution in [-0.2, 0) is 4.79 Å². The third-order valence-electron chi connectivity index (χ3n) is 3.34. The number of piperidine rings is 1. The molecule has 88 valence electrons. The minimum Gasteiger partial charge on any atom is -0.332 e. The number of nitrogens with zero attached hydrogens (tertiary/aromatic N) is 2. The highest BCUT2D eigenvalue weighted by molar-refractivity contribution is 5.93. The molecule has 0 N–H and O–H groups in total. The van der Waals surface area contributed by atoms with Crippen LogP contribution in [-0.4, -0.2) is 48.4 Å². The normalized spacial score (nSPS) is 21.6. The molecular weight excluding hydrogens is 200 g/mol. The number of amides is 1. The van der Waals surface area contributed by atoms with Gasteiger partial charge in [-0.15, -0.1) is 0 Å². The van der Waals surface area contributed by atoms with E-state index in [9.17, 15) is 4.79 Å². The number of carbonyl (C=O) groups excluding carboxylic acids is 1. The maximum Gasteiger partial charge on any atom is 0.298 e. The van der Waals surface area contributed by atoms with E-state index < -0.39 is 0 Å². The van der Waals surface area contributed by atoms with Crippen molar-refractivity contribution < 1.29 is 4.79 Å². The van der Waals surface area contributed by atoms with Crippen molar-refractivity contribution >= 4 is 5.91 Å². The monoisotopic (exact) mass is 220 g/mol. The number of hydrogen-bond donors (Lipinski definition) is 0. The predicted octanol–water partition coefficient (Wildman–Crippen LogP) is 1.10. The molecule has 2 heterocycles. The van der Waals surface area contributed by atoms with E-state index in [1.54, 1.807) is 0 Å². The standard InChI is InChI=1S/C13H20N2O/c16-13(15-11-4-5-12-15)7-6-10-14-8-2-1-3-9-14/h1-5,8-12H2. The van der Waals surface area contributed by atoms with Crippen molar-refractivity contribution in [2.75, 3.05) is 32.7 Å². The van der Waals surface area contributed by atoms with Crippen molar-refractivity contribution in [2.45, 2.75) is 32.1 Å². The van der Waals surface area contributed by atoms with E-state index in [2.05, 4.69) is 16.7 Å². The van der Waals surface area contributed by atoms with Gasteiger partial charge >= 0.3 is 0 Å². The number of rotatable bonds is 1. The topological polar surface area (TPSA) is 23.6 Å². The van der Waals surface area contributed by atoms with Gasteiger partial charge in [0.2, 0.25) is 0 Å². The Bertz CT molecular complexity index is 291. The fourth-order valence-electron chi connectivity index (χ4n) is 2.34. The Morgan fingerprint density at radius 3 is 2.25 bits per heavy atom. The van der Waals surface area contributed by atoms with Crippen LogP contribution in [0, 0.1) is 11.8 Å². The molecule has 2 saturated heterocycles. The van der Waals surface area contributed by atoms with Crippen molar-refractivity contribution in [3.8, 4) is 11.8 Å². The molecular formula is C13H20N2O. The summed E-state index contributed by atoms with van der Waals surface area (Å²) in [5, 5.41) is 0. The Morgan fingerprint density at radius 1 is 0.938 bits per heavy atom. The highest BCUT2D eigenvalue weighted by Crippen LogP contribution is 2.08. The number of hydrogen-bond acceptors (Lipinski definition) is 2. The molecule has 2 rings (SSSR count). The van der Waals surface area contributed by atoms with E-state index in [0.29, 0.717) is 0 Å². The van der Waals surface area contributed by atoms with Crippen LogP contribution in [0.15, 0.2) is 0 Å². The molecule has 0 bridgehead atoms. The lowest BCUT2D eigenvalue weighted by Crippen LogP contribution is -2.30. The molecule has 3 nitrogen and oxygen atoms in total. The largest absolute Gasteiger partial charge is 0.332 e. The molecule has 0 atom stereocenters. The second-order valence-corrected chi connectivity index (χ2v) is 4.64. The second-order valence-electron chi connectivity index (χ2n) is 4.64. The lowest BCUT2D eigenvalue weighted by molar-refractivity contribution is -0.124. The minimum atomic E-state index is 0.0227. The third kappa shape index (κ3) is 3.24. The quantitative estimate of drug-likeness (QED) is 0.618. The maximum atomic E-state index is 11.6. The van der Waals surface area contributed by atoms with Gasteiger partial charge in [-0.05, 0) is 44.7 Å². The molecule has 0 spiro atoms. The van der Waals surface area contributed by atoms with E-state index in [-0.39, 0.29) is 5.91 Å². The Kier molecular flexibility index (Phi) is 4.24.